The molecule has 0 bridgehead atoms. The highest BCUT2D eigenvalue weighted by Crippen LogP contribution is 2.28. The van der Waals surface area contributed by atoms with E-state index in [1.807, 2.05) is 53.4 Å². The lowest BCUT2D eigenvalue weighted by Gasteiger charge is -2.31. The first kappa shape index (κ1) is 44.7. The van der Waals surface area contributed by atoms with Gasteiger partial charge in [-0.3, -0.25) is 19.4 Å². The maximum Gasteiger partial charge on any atom is 0.354 e. The van der Waals surface area contributed by atoms with Gasteiger partial charge in [0, 0.05) is 56.7 Å². The molecular formula is C46H51N5O10. The lowest BCUT2D eigenvalue weighted by Crippen LogP contribution is -2.40. The fraction of sp³-hybridized carbons (Fsp3) is 0.391. The van der Waals surface area contributed by atoms with Crippen molar-refractivity contribution in [3.05, 3.63) is 124 Å². The molecule has 0 saturated carbocycles. The van der Waals surface area contributed by atoms with Gasteiger partial charge in [0.1, 0.15) is 17.4 Å². The van der Waals surface area contributed by atoms with Crippen molar-refractivity contribution in [3.8, 4) is 11.8 Å². The number of aromatic nitrogens is 2. The molecule has 0 spiro atoms. The van der Waals surface area contributed by atoms with Gasteiger partial charge in [0.2, 0.25) is 5.91 Å². The van der Waals surface area contributed by atoms with Crippen LogP contribution in [0.5, 0.6) is 0 Å². The molecule has 6 rings (SSSR count). The minimum atomic E-state index is -1.21. The van der Waals surface area contributed by atoms with Crippen LogP contribution in [-0.4, -0.2) is 133 Å². The van der Waals surface area contributed by atoms with Gasteiger partial charge in [0.25, 0.3) is 0 Å². The normalized spacial score (nSPS) is 16.8. The molecule has 4 heterocycles. The van der Waals surface area contributed by atoms with Crippen molar-refractivity contribution >= 4 is 29.3 Å². The monoisotopic (exact) mass is 833 g/mol. The van der Waals surface area contributed by atoms with Gasteiger partial charge in [-0.05, 0) is 54.4 Å². The van der Waals surface area contributed by atoms with Crippen molar-refractivity contribution in [1.82, 2.24) is 19.8 Å². The van der Waals surface area contributed by atoms with Crippen molar-refractivity contribution in [2.45, 2.75) is 38.4 Å². The Kier molecular flexibility index (Phi) is 17.0. The Morgan fingerprint density at radius 3 is 1.87 bits per heavy atom. The van der Waals surface area contributed by atoms with Gasteiger partial charge < -0.3 is 34.1 Å². The Bertz CT molecular complexity index is 2170. The average Bonchev–Trinajstić information content (AvgIpc) is 3.25. The number of ketones is 1. The van der Waals surface area contributed by atoms with Crippen molar-refractivity contribution in [2.24, 2.45) is 0 Å². The Balaban J connectivity index is 1.10. The molecule has 1 saturated heterocycles. The van der Waals surface area contributed by atoms with Crippen LogP contribution in [0.3, 0.4) is 0 Å². The largest absolute Gasteiger partial charge is 0.477 e. The molecule has 2 aliphatic heterocycles. The van der Waals surface area contributed by atoms with E-state index in [-0.39, 0.29) is 61.2 Å². The van der Waals surface area contributed by atoms with E-state index in [4.69, 9.17) is 18.9 Å². The second-order valence-electron chi connectivity index (χ2n) is 14.5. The molecule has 15 heteroatoms. The summed E-state index contributed by atoms with van der Waals surface area (Å²) in [6.07, 6.45) is 0.403. The third kappa shape index (κ3) is 13.3. The quantitative estimate of drug-likeness (QED) is 0.202. The number of amides is 1. The van der Waals surface area contributed by atoms with Crippen LogP contribution < -0.4 is 4.90 Å². The highest BCUT2D eigenvalue weighted by Gasteiger charge is 2.30. The molecule has 0 aliphatic carbocycles. The van der Waals surface area contributed by atoms with Gasteiger partial charge in [-0.15, -0.1) is 0 Å². The van der Waals surface area contributed by atoms with Crippen LogP contribution in [0.1, 0.15) is 74.4 Å². The van der Waals surface area contributed by atoms with Gasteiger partial charge in [-0.2, -0.15) is 0 Å². The number of ether oxygens (including phenoxy) is 4. The Morgan fingerprint density at radius 2 is 1.20 bits per heavy atom. The van der Waals surface area contributed by atoms with Crippen LogP contribution >= 0.6 is 0 Å². The van der Waals surface area contributed by atoms with E-state index in [0.29, 0.717) is 90.3 Å². The molecule has 2 aliphatic rings. The number of para-hydroxylation sites is 1. The van der Waals surface area contributed by atoms with E-state index in [1.165, 1.54) is 12.1 Å². The molecule has 61 heavy (non-hydrogen) atoms. The minimum absolute atomic E-state index is 0.0134. The molecule has 2 aromatic heterocycles. The number of carbonyl (C=O) groups is 4. The fourth-order valence-electron chi connectivity index (χ4n) is 7.12. The number of pyridine rings is 2. The van der Waals surface area contributed by atoms with Gasteiger partial charge in [-0.1, -0.05) is 54.3 Å². The van der Waals surface area contributed by atoms with Crippen LogP contribution in [0.25, 0.3) is 0 Å². The van der Waals surface area contributed by atoms with E-state index in [1.54, 1.807) is 29.2 Å². The molecule has 1 unspecified atom stereocenters. The number of rotatable bonds is 11. The number of fused-ring (bicyclic) bond motifs is 2. The number of carboxylic acid groups (broad SMARTS) is 2. The first-order valence-corrected chi connectivity index (χ1v) is 20.5. The lowest BCUT2D eigenvalue weighted by molar-refractivity contribution is -0.125. The first-order chi connectivity index (χ1) is 29.8. The van der Waals surface area contributed by atoms with Crippen LogP contribution in [0.2, 0.25) is 0 Å². The summed E-state index contributed by atoms with van der Waals surface area (Å²) in [5, 5.41) is 19.1. The summed E-state index contributed by atoms with van der Waals surface area (Å²) in [6, 6.07) is 23.9. The molecule has 1 amide bonds. The van der Waals surface area contributed by atoms with Crippen LogP contribution in [-0.2, 0) is 41.6 Å². The number of carboxylic acids is 2. The molecule has 4 aromatic rings. The summed E-state index contributed by atoms with van der Waals surface area (Å²) in [4.78, 5) is 66.0. The highest BCUT2D eigenvalue weighted by molar-refractivity contribution is 5.95. The zero-order chi connectivity index (χ0) is 42.8. The standard InChI is InChI=1S/C46H51N5O10/c52-42(16-7-17-43(53)51-32-36-10-2-1-8-34(36)18-19-35-9-3-4-15-41(35)51)44(38-12-6-14-40(48-38)46(56)57)50-22-26-60-30-28-58-24-20-49(21-25-59-29-31-61-27-23-50)33-37-11-5-13-39(47-37)45(54)55/h1-6,8-15,44H,7,16-17,20-33H2,(H,54,55)(H,56,57). The Hall–Kier alpha value is -5.86. The second kappa shape index (κ2) is 23.2. The molecule has 1 atom stereocenters. The van der Waals surface area contributed by atoms with Crippen molar-refractivity contribution in [2.75, 3.05) is 83.9 Å². The SMILES string of the molecule is O=C(O)c1cccc(CN2CCOCCOCCN(C(C(=O)CCCC(=O)N3Cc4ccccc4C#Cc4ccccc43)c3cccc(C(=O)O)n3)CCOCCOCC2)n1. The molecular weight excluding hydrogens is 783 g/mol. The fourth-order valence-corrected chi connectivity index (χ4v) is 7.12. The second-order valence-corrected chi connectivity index (χ2v) is 14.5. The molecule has 2 aromatic carbocycles. The van der Waals surface area contributed by atoms with Crippen LogP contribution in [0, 0.1) is 11.8 Å². The highest BCUT2D eigenvalue weighted by atomic mass is 16.5. The summed E-state index contributed by atoms with van der Waals surface area (Å²) < 4.78 is 23.7. The van der Waals surface area contributed by atoms with Crippen LogP contribution in [0.15, 0.2) is 84.9 Å². The number of hydrogen-bond acceptors (Lipinski definition) is 12. The van der Waals surface area contributed by atoms with E-state index in [2.05, 4.69) is 26.7 Å². The summed E-state index contributed by atoms with van der Waals surface area (Å²) in [6.45, 7) is 4.97. The average molecular weight is 834 g/mol. The third-order valence-electron chi connectivity index (χ3n) is 10.2. The van der Waals surface area contributed by atoms with E-state index in [0.717, 1.165) is 16.7 Å². The number of benzene rings is 2. The van der Waals surface area contributed by atoms with Crippen molar-refractivity contribution in [1.29, 1.82) is 0 Å². The first-order valence-electron chi connectivity index (χ1n) is 20.5. The molecule has 1 fully saturated rings. The number of aromatic carboxylic acids is 2. The zero-order valence-corrected chi connectivity index (χ0v) is 34.1. The third-order valence-corrected chi connectivity index (χ3v) is 10.2. The lowest BCUT2D eigenvalue weighted by atomic mass is 9.99. The van der Waals surface area contributed by atoms with E-state index < -0.39 is 18.0 Å². The number of hydrogen-bond donors (Lipinski definition) is 2. The molecule has 2 N–H and O–H groups in total. The number of anilines is 1. The Morgan fingerprint density at radius 1 is 0.623 bits per heavy atom. The van der Waals surface area contributed by atoms with Gasteiger partial charge in [0.05, 0.1) is 76.5 Å². The summed E-state index contributed by atoms with van der Waals surface area (Å²) >= 11 is 0. The maximum atomic E-state index is 14.3. The van der Waals surface area contributed by atoms with E-state index in [9.17, 15) is 29.4 Å². The number of nitrogens with zero attached hydrogens (tertiary/aromatic N) is 5. The molecule has 0 radical (unpaired) electrons. The number of carbonyl (C=O) groups excluding carboxylic acids is 2. The van der Waals surface area contributed by atoms with Gasteiger partial charge >= 0.3 is 11.9 Å². The maximum absolute atomic E-state index is 14.3. The predicted octanol–water partition coefficient (Wildman–Crippen LogP) is 4.48. The summed E-state index contributed by atoms with van der Waals surface area (Å²) in [7, 11) is 0. The topological polar surface area (TPSA) is 181 Å². The smallest absolute Gasteiger partial charge is 0.354 e. The van der Waals surface area contributed by atoms with Crippen molar-refractivity contribution in [3.63, 3.8) is 0 Å². The number of Topliss-reactive ketones (excluding diaryl/α,β-unsaturated/α-hetero) is 1. The zero-order valence-electron chi connectivity index (χ0n) is 34.1. The Labute approximate surface area is 355 Å². The van der Waals surface area contributed by atoms with E-state index >= 15 is 0 Å². The predicted molar refractivity (Wildman–Crippen MR) is 224 cm³/mol. The van der Waals surface area contributed by atoms with Crippen molar-refractivity contribution < 1.29 is 48.3 Å². The molecule has 15 nitrogen and oxygen atoms in total. The van der Waals surface area contributed by atoms with Gasteiger partial charge in [0.15, 0.2) is 5.78 Å². The minimum Gasteiger partial charge on any atom is -0.477 e. The van der Waals surface area contributed by atoms with Gasteiger partial charge in [-0.25, -0.2) is 19.6 Å². The molecule has 320 valence electrons. The summed E-state index contributed by atoms with van der Waals surface area (Å²) in [5.41, 5.74) is 3.97. The summed E-state index contributed by atoms with van der Waals surface area (Å²) in [5.74, 6) is 3.80. The van der Waals surface area contributed by atoms with Crippen LogP contribution in [0.4, 0.5) is 5.69 Å².